The summed E-state index contributed by atoms with van der Waals surface area (Å²) in [7, 11) is -2.87. The second-order valence-corrected chi connectivity index (χ2v) is 9.95. The molecule has 2 fully saturated rings. The average molecular weight is 344 g/mol. The normalized spacial score (nSPS) is 24.0. The first-order valence-electron chi connectivity index (χ1n) is 7.99. The molecule has 0 unspecified atom stereocenters. The monoisotopic (exact) mass is 343 g/mol. The third-order valence-electron chi connectivity index (χ3n) is 4.97. The molecule has 22 heavy (non-hydrogen) atoms. The van der Waals surface area contributed by atoms with E-state index in [1.165, 1.54) is 25.5 Å². The molecule has 1 atom stereocenters. The molecule has 0 radical (unpaired) electrons. The van der Waals surface area contributed by atoms with Gasteiger partial charge in [0, 0.05) is 23.9 Å². The smallest absolute Gasteiger partial charge is 0.147 e. The van der Waals surface area contributed by atoms with Gasteiger partial charge in [-0.1, -0.05) is 0 Å². The molecule has 1 aliphatic heterocycles. The van der Waals surface area contributed by atoms with E-state index in [1.54, 1.807) is 11.3 Å². The fraction of sp³-hybridized carbons (Fsp3) is 0.800. The van der Waals surface area contributed by atoms with Gasteiger partial charge in [-0.05, 0) is 50.7 Å². The summed E-state index contributed by atoms with van der Waals surface area (Å²) in [5.74, 6) is 0.280. The minimum absolute atomic E-state index is 0.280. The molecule has 2 aliphatic rings. The van der Waals surface area contributed by atoms with Gasteiger partial charge in [-0.3, -0.25) is 4.90 Å². The van der Waals surface area contributed by atoms with Crippen molar-refractivity contribution in [3.05, 3.63) is 16.6 Å². The van der Waals surface area contributed by atoms with Gasteiger partial charge >= 0.3 is 0 Å². The summed E-state index contributed by atoms with van der Waals surface area (Å²) >= 11 is 1.69. The molecule has 124 valence electrons. The minimum Gasteiger partial charge on any atom is -0.317 e. The van der Waals surface area contributed by atoms with Crippen LogP contribution >= 0.6 is 11.3 Å². The van der Waals surface area contributed by atoms with Gasteiger partial charge in [-0.15, -0.1) is 11.3 Å². The summed E-state index contributed by atoms with van der Waals surface area (Å²) in [4.78, 5) is 6.88. The van der Waals surface area contributed by atoms with Crippen molar-refractivity contribution in [2.75, 3.05) is 31.6 Å². The van der Waals surface area contributed by atoms with E-state index in [1.807, 2.05) is 11.6 Å². The largest absolute Gasteiger partial charge is 0.317 e. The standard InChI is InChI=1S/C15H25N3O2S2/c1-22(19,20)10-2-8-18(12-14-17-7-9-21-14)13-11-15(13)3-5-16-6-4-15/h7,9,13,16H,2-6,8,10-12H2,1H3/t13-/m1/s1. The van der Waals surface area contributed by atoms with E-state index >= 15 is 0 Å². The van der Waals surface area contributed by atoms with Crippen LogP contribution in [-0.4, -0.2) is 56.0 Å². The Kier molecular flexibility index (Phi) is 4.87. The van der Waals surface area contributed by atoms with E-state index in [9.17, 15) is 8.42 Å². The van der Waals surface area contributed by atoms with E-state index < -0.39 is 9.84 Å². The number of hydrogen-bond donors (Lipinski definition) is 1. The first-order valence-corrected chi connectivity index (χ1v) is 10.9. The van der Waals surface area contributed by atoms with Crippen LogP contribution < -0.4 is 5.32 Å². The van der Waals surface area contributed by atoms with Crippen LogP contribution in [0.3, 0.4) is 0 Å². The zero-order valence-corrected chi connectivity index (χ0v) is 14.8. The fourth-order valence-electron chi connectivity index (χ4n) is 3.68. The number of aromatic nitrogens is 1. The van der Waals surface area contributed by atoms with Crippen molar-refractivity contribution >= 4 is 21.2 Å². The molecular weight excluding hydrogens is 318 g/mol. The van der Waals surface area contributed by atoms with Gasteiger partial charge in [-0.2, -0.15) is 0 Å². The Bertz CT molecular complexity index is 580. The van der Waals surface area contributed by atoms with Gasteiger partial charge in [0.15, 0.2) is 0 Å². The van der Waals surface area contributed by atoms with Gasteiger partial charge < -0.3 is 5.32 Å². The average Bonchev–Trinajstić information content (AvgIpc) is 2.91. The Morgan fingerprint density at radius 3 is 2.86 bits per heavy atom. The zero-order chi connectivity index (χ0) is 15.6. The van der Waals surface area contributed by atoms with Crippen LogP contribution in [0.15, 0.2) is 11.6 Å². The van der Waals surface area contributed by atoms with E-state index in [-0.39, 0.29) is 5.75 Å². The van der Waals surface area contributed by atoms with Gasteiger partial charge in [-0.25, -0.2) is 13.4 Å². The Hall–Kier alpha value is -0.500. The van der Waals surface area contributed by atoms with Crippen LogP contribution in [0.25, 0.3) is 0 Å². The molecular formula is C15H25N3O2S2. The van der Waals surface area contributed by atoms with Crippen LogP contribution in [0.1, 0.15) is 30.7 Å². The number of rotatable bonds is 7. The summed E-state index contributed by atoms with van der Waals surface area (Å²) in [6.45, 7) is 3.95. The highest BCUT2D eigenvalue weighted by molar-refractivity contribution is 7.90. The van der Waals surface area contributed by atoms with Gasteiger partial charge in [0.25, 0.3) is 0 Å². The van der Waals surface area contributed by atoms with E-state index in [0.29, 0.717) is 11.5 Å². The second-order valence-electron chi connectivity index (χ2n) is 6.71. The molecule has 1 aliphatic carbocycles. The Labute approximate surface area is 137 Å². The van der Waals surface area contributed by atoms with Gasteiger partial charge in [0.2, 0.25) is 0 Å². The lowest BCUT2D eigenvalue weighted by atomic mass is 9.93. The topological polar surface area (TPSA) is 62.3 Å². The van der Waals surface area contributed by atoms with Crippen molar-refractivity contribution in [3.8, 4) is 0 Å². The van der Waals surface area contributed by atoms with Crippen LogP contribution in [0.5, 0.6) is 0 Å². The Morgan fingerprint density at radius 2 is 2.23 bits per heavy atom. The van der Waals surface area contributed by atoms with Crippen molar-refractivity contribution in [3.63, 3.8) is 0 Å². The van der Waals surface area contributed by atoms with Crippen LogP contribution in [0, 0.1) is 5.41 Å². The molecule has 1 saturated heterocycles. The predicted octanol–water partition coefficient (Wildman–Crippen LogP) is 1.52. The highest BCUT2D eigenvalue weighted by Crippen LogP contribution is 2.56. The highest BCUT2D eigenvalue weighted by atomic mass is 32.2. The Morgan fingerprint density at radius 1 is 1.45 bits per heavy atom. The molecule has 0 amide bonds. The maximum atomic E-state index is 11.4. The molecule has 2 heterocycles. The fourth-order valence-corrected chi connectivity index (χ4v) is 4.98. The van der Waals surface area contributed by atoms with E-state index in [0.717, 1.165) is 37.6 Å². The maximum absolute atomic E-state index is 11.4. The summed E-state index contributed by atoms with van der Waals surface area (Å²) in [6, 6.07) is 0.609. The lowest BCUT2D eigenvalue weighted by Gasteiger charge is -2.29. The second kappa shape index (κ2) is 6.55. The van der Waals surface area contributed by atoms with Crippen LogP contribution in [0.2, 0.25) is 0 Å². The molecule has 0 aromatic carbocycles. The van der Waals surface area contributed by atoms with Crippen LogP contribution in [0.4, 0.5) is 0 Å². The number of piperidine rings is 1. The SMILES string of the molecule is CS(=O)(=O)CCCN(Cc1nccs1)[C@@H]1CC12CCNCC2. The third-order valence-corrected chi connectivity index (χ3v) is 6.76. The summed E-state index contributed by atoms with van der Waals surface area (Å²) in [5.41, 5.74) is 0.480. The number of nitrogens with one attached hydrogen (secondary N) is 1. The van der Waals surface area contributed by atoms with Crippen molar-refractivity contribution in [2.45, 2.75) is 38.3 Å². The quantitative estimate of drug-likeness (QED) is 0.813. The molecule has 1 N–H and O–H groups in total. The maximum Gasteiger partial charge on any atom is 0.147 e. The third kappa shape index (κ3) is 4.07. The molecule has 1 spiro atoms. The first-order chi connectivity index (χ1) is 10.5. The number of hydrogen-bond acceptors (Lipinski definition) is 6. The minimum atomic E-state index is -2.87. The van der Waals surface area contributed by atoms with Crippen molar-refractivity contribution in [1.82, 2.24) is 15.2 Å². The predicted molar refractivity (Wildman–Crippen MR) is 89.8 cm³/mol. The molecule has 1 aromatic heterocycles. The number of sulfone groups is 1. The van der Waals surface area contributed by atoms with Gasteiger partial charge in [0.1, 0.15) is 14.8 Å². The number of thiazole rings is 1. The van der Waals surface area contributed by atoms with Crippen LogP contribution in [-0.2, 0) is 16.4 Å². The van der Waals surface area contributed by atoms with Gasteiger partial charge in [0.05, 0.1) is 12.3 Å². The zero-order valence-electron chi connectivity index (χ0n) is 13.1. The van der Waals surface area contributed by atoms with E-state index in [4.69, 9.17) is 0 Å². The molecule has 1 aromatic rings. The molecule has 0 bridgehead atoms. The Balaban J connectivity index is 1.61. The molecule has 1 saturated carbocycles. The van der Waals surface area contributed by atoms with E-state index in [2.05, 4.69) is 15.2 Å². The summed E-state index contributed by atoms with van der Waals surface area (Å²) in [6.07, 6.45) is 7.65. The summed E-state index contributed by atoms with van der Waals surface area (Å²) in [5, 5.41) is 6.59. The lowest BCUT2D eigenvalue weighted by molar-refractivity contribution is 0.195. The summed E-state index contributed by atoms with van der Waals surface area (Å²) < 4.78 is 22.7. The molecule has 3 rings (SSSR count). The lowest BCUT2D eigenvalue weighted by Crippen LogP contribution is -2.36. The molecule has 5 nitrogen and oxygen atoms in total. The van der Waals surface area contributed by atoms with Crippen molar-refractivity contribution in [2.24, 2.45) is 5.41 Å². The van der Waals surface area contributed by atoms with Crippen molar-refractivity contribution in [1.29, 1.82) is 0 Å². The van der Waals surface area contributed by atoms with Crippen molar-refractivity contribution < 1.29 is 8.42 Å². The molecule has 7 heteroatoms. The highest BCUT2D eigenvalue weighted by Gasteiger charge is 2.56. The first kappa shape index (κ1) is 16.4. The number of nitrogens with zero attached hydrogens (tertiary/aromatic N) is 2.